The number of benzene rings is 1. The third-order valence-corrected chi connectivity index (χ3v) is 3.08. The third-order valence-electron chi connectivity index (χ3n) is 2.76. The Morgan fingerprint density at radius 2 is 1.85 bits per heavy atom. The van der Waals surface area contributed by atoms with Gasteiger partial charge in [0.25, 0.3) is 5.56 Å². The van der Waals surface area contributed by atoms with Gasteiger partial charge in [0.2, 0.25) is 0 Å². The number of rotatable bonds is 2. The van der Waals surface area contributed by atoms with Crippen molar-refractivity contribution in [3.8, 4) is 5.69 Å². The SMILES string of the molecule is CCc1c(Cl)[nH]c(=O)n(-c2ccc(F)c(F)c2F)c1=O. The van der Waals surface area contributed by atoms with E-state index < -0.39 is 34.4 Å². The fraction of sp³-hybridized carbons (Fsp3) is 0.167. The first-order valence-corrected chi connectivity index (χ1v) is 5.93. The molecular formula is C12H8ClF3N2O2. The van der Waals surface area contributed by atoms with Gasteiger partial charge >= 0.3 is 5.69 Å². The third kappa shape index (κ3) is 2.14. The molecule has 2 rings (SSSR count). The van der Waals surface area contributed by atoms with E-state index in [4.69, 9.17) is 11.6 Å². The van der Waals surface area contributed by atoms with Gasteiger partial charge in [-0.25, -0.2) is 22.5 Å². The molecule has 20 heavy (non-hydrogen) atoms. The highest BCUT2D eigenvalue weighted by Gasteiger charge is 2.19. The molecule has 0 aliphatic rings. The van der Waals surface area contributed by atoms with E-state index in [1.807, 2.05) is 0 Å². The Balaban J connectivity index is 2.88. The summed E-state index contributed by atoms with van der Waals surface area (Å²) in [7, 11) is 0. The largest absolute Gasteiger partial charge is 0.334 e. The van der Waals surface area contributed by atoms with Gasteiger partial charge in [0.15, 0.2) is 17.5 Å². The molecule has 0 aliphatic heterocycles. The number of nitrogens with one attached hydrogen (secondary N) is 1. The van der Waals surface area contributed by atoms with E-state index in [0.29, 0.717) is 10.6 Å². The van der Waals surface area contributed by atoms with Gasteiger partial charge in [0, 0.05) is 0 Å². The molecule has 0 spiro atoms. The Hall–Kier alpha value is -2.02. The van der Waals surface area contributed by atoms with E-state index in [1.54, 1.807) is 6.92 Å². The van der Waals surface area contributed by atoms with E-state index in [9.17, 15) is 22.8 Å². The molecule has 1 aromatic heterocycles. The van der Waals surface area contributed by atoms with Gasteiger partial charge in [-0.15, -0.1) is 0 Å². The van der Waals surface area contributed by atoms with Crippen LogP contribution in [0.5, 0.6) is 0 Å². The minimum Gasteiger partial charge on any atom is -0.297 e. The van der Waals surface area contributed by atoms with Gasteiger partial charge in [-0.2, -0.15) is 0 Å². The van der Waals surface area contributed by atoms with Crippen molar-refractivity contribution in [1.82, 2.24) is 9.55 Å². The predicted octanol–water partition coefficient (Wildman–Crippen LogP) is 2.16. The zero-order valence-electron chi connectivity index (χ0n) is 10.1. The van der Waals surface area contributed by atoms with E-state index in [1.165, 1.54) is 0 Å². The van der Waals surface area contributed by atoms with Crippen LogP contribution in [0, 0.1) is 17.5 Å². The average molecular weight is 305 g/mol. The Kier molecular flexibility index (Phi) is 3.71. The highest BCUT2D eigenvalue weighted by molar-refractivity contribution is 6.30. The Morgan fingerprint density at radius 1 is 1.20 bits per heavy atom. The first kappa shape index (κ1) is 14.4. The molecule has 0 aliphatic carbocycles. The monoisotopic (exact) mass is 304 g/mol. The van der Waals surface area contributed by atoms with Gasteiger partial charge in [0.1, 0.15) is 5.15 Å². The molecule has 8 heteroatoms. The first-order valence-electron chi connectivity index (χ1n) is 5.56. The summed E-state index contributed by atoms with van der Waals surface area (Å²) in [6.07, 6.45) is 0.180. The minimum atomic E-state index is -1.76. The Morgan fingerprint density at radius 3 is 2.45 bits per heavy atom. The van der Waals surface area contributed by atoms with Crippen LogP contribution in [0.3, 0.4) is 0 Å². The van der Waals surface area contributed by atoms with Crippen LogP contribution in [0.2, 0.25) is 5.15 Å². The summed E-state index contributed by atoms with van der Waals surface area (Å²) in [5.74, 6) is -4.80. The van der Waals surface area contributed by atoms with Crippen molar-refractivity contribution in [3.05, 3.63) is 61.1 Å². The van der Waals surface area contributed by atoms with Crippen molar-refractivity contribution >= 4 is 11.6 Å². The molecule has 0 bridgehead atoms. The quantitative estimate of drug-likeness (QED) is 0.683. The summed E-state index contributed by atoms with van der Waals surface area (Å²) in [6.45, 7) is 1.60. The van der Waals surface area contributed by atoms with Crippen LogP contribution >= 0.6 is 11.6 Å². The molecule has 0 unspecified atom stereocenters. The van der Waals surface area contributed by atoms with Crippen molar-refractivity contribution < 1.29 is 13.2 Å². The van der Waals surface area contributed by atoms with E-state index in [2.05, 4.69) is 4.98 Å². The Bertz CT molecular complexity index is 799. The van der Waals surface area contributed by atoms with Crippen LogP contribution in [-0.2, 0) is 6.42 Å². The van der Waals surface area contributed by atoms with Crippen LogP contribution in [0.15, 0.2) is 21.7 Å². The van der Waals surface area contributed by atoms with Crippen molar-refractivity contribution in [2.45, 2.75) is 13.3 Å². The van der Waals surface area contributed by atoms with Gasteiger partial charge in [-0.05, 0) is 18.6 Å². The van der Waals surface area contributed by atoms with Gasteiger partial charge < -0.3 is 0 Å². The standard InChI is InChI=1S/C12H8ClF3N2O2/c1-2-5-10(13)17-12(20)18(11(5)19)7-4-3-6(14)8(15)9(7)16/h3-4H,2H2,1H3,(H,17,20). The summed E-state index contributed by atoms with van der Waals surface area (Å²) >= 11 is 5.69. The van der Waals surface area contributed by atoms with Crippen molar-refractivity contribution in [3.63, 3.8) is 0 Å². The van der Waals surface area contributed by atoms with Crippen LogP contribution < -0.4 is 11.2 Å². The molecule has 0 atom stereocenters. The molecule has 106 valence electrons. The van der Waals surface area contributed by atoms with E-state index >= 15 is 0 Å². The summed E-state index contributed by atoms with van der Waals surface area (Å²) in [6, 6.07) is 1.43. The molecular weight excluding hydrogens is 297 g/mol. The van der Waals surface area contributed by atoms with E-state index in [0.717, 1.165) is 6.07 Å². The number of aromatic nitrogens is 2. The zero-order valence-corrected chi connectivity index (χ0v) is 10.9. The maximum Gasteiger partial charge on any atom is 0.334 e. The zero-order chi connectivity index (χ0) is 15.0. The van der Waals surface area contributed by atoms with Gasteiger partial charge in [-0.1, -0.05) is 18.5 Å². The number of nitrogens with zero attached hydrogens (tertiary/aromatic N) is 1. The average Bonchev–Trinajstić information content (AvgIpc) is 2.38. The fourth-order valence-corrected chi connectivity index (χ4v) is 2.06. The number of aromatic amines is 1. The molecule has 0 saturated heterocycles. The first-order chi connectivity index (χ1) is 9.38. The minimum absolute atomic E-state index is 0.0374. The maximum atomic E-state index is 13.7. The normalized spacial score (nSPS) is 10.8. The molecule has 1 heterocycles. The number of hydrogen-bond donors (Lipinski definition) is 1. The van der Waals surface area contributed by atoms with Gasteiger partial charge in [0.05, 0.1) is 11.3 Å². The fourth-order valence-electron chi connectivity index (χ4n) is 1.76. The lowest BCUT2D eigenvalue weighted by Crippen LogP contribution is -2.36. The molecule has 1 N–H and O–H groups in total. The molecule has 4 nitrogen and oxygen atoms in total. The van der Waals surface area contributed by atoms with Crippen molar-refractivity contribution in [2.24, 2.45) is 0 Å². The van der Waals surface area contributed by atoms with Crippen LogP contribution in [0.1, 0.15) is 12.5 Å². The van der Waals surface area contributed by atoms with Crippen LogP contribution in [0.25, 0.3) is 5.69 Å². The summed E-state index contributed by atoms with van der Waals surface area (Å²) in [5.41, 5.74) is -2.56. The molecule has 0 amide bonds. The van der Waals surface area contributed by atoms with E-state index in [-0.39, 0.29) is 17.1 Å². The number of H-pyrrole nitrogens is 1. The second-order valence-electron chi connectivity index (χ2n) is 3.91. The lowest BCUT2D eigenvalue weighted by Gasteiger charge is -2.09. The lowest BCUT2D eigenvalue weighted by atomic mass is 10.2. The van der Waals surface area contributed by atoms with Crippen LogP contribution in [-0.4, -0.2) is 9.55 Å². The highest BCUT2D eigenvalue weighted by atomic mass is 35.5. The molecule has 0 fully saturated rings. The smallest absolute Gasteiger partial charge is 0.297 e. The predicted molar refractivity (Wildman–Crippen MR) is 66.9 cm³/mol. The summed E-state index contributed by atoms with van der Waals surface area (Å²) in [4.78, 5) is 25.9. The van der Waals surface area contributed by atoms with Crippen molar-refractivity contribution in [1.29, 1.82) is 0 Å². The maximum absolute atomic E-state index is 13.7. The van der Waals surface area contributed by atoms with Crippen LogP contribution in [0.4, 0.5) is 13.2 Å². The lowest BCUT2D eigenvalue weighted by molar-refractivity contribution is 0.443. The molecule has 2 aromatic rings. The number of halogens is 4. The van der Waals surface area contributed by atoms with Gasteiger partial charge in [-0.3, -0.25) is 9.78 Å². The summed E-state index contributed by atoms with van der Waals surface area (Å²) < 4.78 is 40.1. The Labute approximate surface area is 115 Å². The molecule has 0 saturated carbocycles. The summed E-state index contributed by atoms with van der Waals surface area (Å²) in [5, 5.41) is -0.165. The van der Waals surface area contributed by atoms with Crippen molar-refractivity contribution in [2.75, 3.05) is 0 Å². The number of hydrogen-bond acceptors (Lipinski definition) is 2. The second-order valence-corrected chi connectivity index (χ2v) is 4.29. The second kappa shape index (κ2) is 5.16. The molecule has 0 radical (unpaired) electrons. The molecule has 1 aromatic carbocycles. The highest BCUT2D eigenvalue weighted by Crippen LogP contribution is 2.17. The topological polar surface area (TPSA) is 54.9 Å².